The number of hydrogen-bond donors (Lipinski definition) is 1. The Bertz CT molecular complexity index is 486. The average Bonchev–Trinajstić information content (AvgIpc) is 2.59. The molecule has 19 heavy (non-hydrogen) atoms. The normalized spacial score (nSPS) is 18.4. The summed E-state index contributed by atoms with van der Waals surface area (Å²) in [6.07, 6.45) is 0.881. The van der Waals surface area contributed by atoms with Gasteiger partial charge in [-0.2, -0.15) is 0 Å². The molecule has 1 N–H and O–H groups in total. The molecular formula is C14H18N2O3. The minimum atomic E-state index is 0.0981. The number of rotatable bonds is 2. The Morgan fingerprint density at radius 2 is 2.00 bits per heavy atom. The van der Waals surface area contributed by atoms with Gasteiger partial charge in [0.25, 0.3) is 0 Å². The molecule has 1 fully saturated rings. The van der Waals surface area contributed by atoms with Crippen LogP contribution in [0.15, 0.2) is 18.2 Å². The van der Waals surface area contributed by atoms with E-state index in [4.69, 9.17) is 9.47 Å². The van der Waals surface area contributed by atoms with Crippen LogP contribution in [-0.4, -0.2) is 39.3 Å². The molecule has 0 saturated carbocycles. The van der Waals surface area contributed by atoms with Crippen molar-refractivity contribution in [3.8, 4) is 11.5 Å². The van der Waals surface area contributed by atoms with E-state index in [0.29, 0.717) is 13.2 Å². The number of hydrogen-bond acceptors (Lipinski definition) is 4. The Balaban J connectivity index is 1.80. The van der Waals surface area contributed by atoms with Crippen LogP contribution in [0.5, 0.6) is 11.5 Å². The van der Waals surface area contributed by atoms with Crippen LogP contribution < -0.4 is 19.7 Å². The highest BCUT2D eigenvalue weighted by Gasteiger charge is 2.28. The Kier molecular flexibility index (Phi) is 3.29. The third kappa shape index (κ3) is 2.38. The smallest absolute Gasteiger partial charge is 0.232 e. The molecule has 0 aromatic heterocycles. The van der Waals surface area contributed by atoms with Gasteiger partial charge in [-0.25, -0.2) is 0 Å². The largest absolute Gasteiger partial charge is 0.490 e. The van der Waals surface area contributed by atoms with E-state index in [9.17, 15) is 4.79 Å². The fraction of sp³-hybridized carbons (Fsp3) is 0.500. The van der Waals surface area contributed by atoms with E-state index in [1.807, 2.05) is 18.2 Å². The molecule has 1 aromatic rings. The van der Waals surface area contributed by atoms with E-state index < -0.39 is 0 Å². The molecule has 0 atom stereocenters. The Labute approximate surface area is 112 Å². The highest BCUT2D eigenvalue weighted by Crippen LogP contribution is 2.33. The molecule has 0 unspecified atom stereocenters. The average molecular weight is 262 g/mol. The number of ether oxygens (including phenoxy) is 2. The number of carbonyl (C=O) groups excluding carboxylic acids is 1. The topological polar surface area (TPSA) is 50.8 Å². The third-order valence-electron chi connectivity index (χ3n) is 3.58. The van der Waals surface area contributed by atoms with Crippen molar-refractivity contribution in [2.45, 2.75) is 6.42 Å². The molecular weight excluding hydrogens is 244 g/mol. The van der Waals surface area contributed by atoms with Crippen LogP contribution in [0.1, 0.15) is 6.42 Å². The molecule has 2 aliphatic heterocycles. The first-order valence-electron chi connectivity index (χ1n) is 6.63. The molecule has 0 aliphatic carbocycles. The number of nitrogens with one attached hydrogen (secondary N) is 1. The summed E-state index contributed by atoms with van der Waals surface area (Å²) in [6.45, 7) is 2.87. The van der Waals surface area contributed by atoms with Gasteiger partial charge in [0.15, 0.2) is 11.5 Å². The fourth-order valence-electron chi connectivity index (χ4n) is 2.22. The zero-order chi connectivity index (χ0) is 13.2. The van der Waals surface area contributed by atoms with Crippen LogP contribution in [0, 0.1) is 5.92 Å². The van der Waals surface area contributed by atoms with Gasteiger partial charge >= 0.3 is 0 Å². The van der Waals surface area contributed by atoms with Crippen molar-refractivity contribution in [2.75, 3.05) is 38.3 Å². The van der Waals surface area contributed by atoms with Crippen LogP contribution in [0.3, 0.4) is 0 Å². The second-order valence-electron chi connectivity index (χ2n) is 4.93. The lowest BCUT2D eigenvalue weighted by Gasteiger charge is -2.30. The standard InChI is InChI=1S/C14H18N2O3/c1-16(14(17)10-8-15-9-10)11-3-4-12-13(7-11)19-6-2-5-18-12/h3-4,7,10,15H,2,5-6,8-9H2,1H3. The van der Waals surface area contributed by atoms with Crippen molar-refractivity contribution < 1.29 is 14.3 Å². The lowest BCUT2D eigenvalue weighted by atomic mass is 10.0. The molecule has 1 amide bonds. The van der Waals surface area contributed by atoms with Crippen molar-refractivity contribution in [3.63, 3.8) is 0 Å². The maximum absolute atomic E-state index is 12.2. The Hall–Kier alpha value is -1.75. The third-order valence-corrected chi connectivity index (χ3v) is 3.58. The van der Waals surface area contributed by atoms with Crippen molar-refractivity contribution in [1.82, 2.24) is 5.32 Å². The predicted octanol–water partition coefficient (Wildman–Crippen LogP) is 1.03. The van der Waals surface area contributed by atoms with Crippen molar-refractivity contribution in [1.29, 1.82) is 0 Å². The van der Waals surface area contributed by atoms with Gasteiger partial charge in [-0.1, -0.05) is 0 Å². The number of benzene rings is 1. The Morgan fingerprint density at radius 1 is 1.26 bits per heavy atom. The van der Waals surface area contributed by atoms with Crippen LogP contribution >= 0.6 is 0 Å². The number of fused-ring (bicyclic) bond motifs is 1. The van der Waals surface area contributed by atoms with Crippen LogP contribution in [0.25, 0.3) is 0 Å². The quantitative estimate of drug-likeness (QED) is 0.865. The second-order valence-corrected chi connectivity index (χ2v) is 4.93. The van der Waals surface area contributed by atoms with E-state index in [-0.39, 0.29) is 11.8 Å². The fourth-order valence-corrected chi connectivity index (χ4v) is 2.22. The summed E-state index contributed by atoms with van der Waals surface area (Å²) >= 11 is 0. The molecule has 0 radical (unpaired) electrons. The molecule has 0 bridgehead atoms. The molecule has 5 nitrogen and oxygen atoms in total. The highest BCUT2D eigenvalue weighted by atomic mass is 16.5. The molecule has 0 spiro atoms. The summed E-state index contributed by atoms with van der Waals surface area (Å²) in [5, 5.41) is 3.11. The van der Waals surface area contributed by atoms with E-state index in [1.165, 1.54) is 0 Å². The predicted molar refractivity (Wildman–Crippen MR) is 71.8 cm³/mol. The highest BCUT2D eigenvalue weighted by molar-refractivity contribution is 5.95. The molecule has 3 rings (SSSR count). The van der Waals surface area contributed by atoms with Crippen LogP contribution in [0.4, 0.5) is 5.69 Å². The van der Waals surface area contributed by atoms with Crippen LogP contribution in [0.2, 0.25) is 0 Å². The van der Waals surface area contributed by atoms with Gasteiger partial charge in [0.05, 0.1) is 19.1 Å². The summed E-state index contributed by atoms with van der Waals surface area (Å²) in [6, 6.07) is 5.65. The maximum Gasteiger partial charge on any atom is 0.232 e. The molecule has 1 saturated heterocycles. The summed E-state index contributed by atoms with van der Waals surface area (Å²) in [7, 11) is 1.81. The molecule has 1 aromatic carbocycles. The minimum Gasteiger partial charge on any atom is -0.490 e. The summed E-state index contributed by atoms with van der Waals surface area (Å²) < 4.78 is 11.2. The summed E-state index contributed by atoms with van der Waals surface area (Å²) in [4.78, 5) is 13.9. The first-order chi connectivity index (χ1) is 9.25. The van der Waals surface area contributed by atoms with E-state index >= 15 is 0 Å². The summed E-state index contributed by atoms with van der Waals surface area (Å²) in [5.74, 6) is 1.73. The maximum atomic E-state index is 12.2. The minimum absolute atomic E-state index is 0.0981. The van der Waals surface area contributed by atoms with Gasteiger partial charge in [0.2, 0.25) is 5.91 Å². The van der Waals surface area contributed by atoms with Gasteiger partial charge in [0, 0.05) is 38.3 Å². The van der Waals surface area contributed by atoms with E-state index in [1.54, 1.807) is 11.9 Å². The zero-order valence-corrected chi connectivity index (χ0v) is 11.0. The zero-order valence-electron chi connectivity index (χ0n) is 11.0. The molecule has 2 aliphatic rings. The van der Waals surface area contributed by atoms with Gasteiger partial charge in [-0.05, 0) is 12.1 Å². The number of anilines is 1. The van der Waals surface area contributed by atoms with Crippen molar-refractivity contribution in [3.05, 3.63) is 18.2 Å². The first kappa shape index (κ1) is 12.3. The van der Waals surface area contributed by atoms with Crippen LogP contribution in [-0.2, 0) is 4.79 Å². The number of amides is 1. The molecule has 2 heterocycles. The first-order valence-corrected chi connectivity index (χ1v) is 6.63. The number of nitrogens with zero attached hydrogens (tertiary/aromatic N) is 1. The lowest BCUT2D eigenvalue weighted by Crippen LogP contribution is -2.51. The monoisotopic (exact) mass is 262 g/mol. The van der Waals surface area contributed by atoms with E-state index in [2.05, 4.69) is 5.32 Å². The lowest BCUT2D eigenvalue weighted by molar-refractivity contribution is -0.123. The SMILES string of the molecule is CN(C(=O)C1CNC1)c1ccc2c(c1)OCCCO2. The van der Waals surface area contributed by atoms with Gasteiger partial charge in [-0.3, -0.25) is 4.79 Å². The van der Waals surface area contributed by atoms with Gasteiger partial charge in [0.1, 0.15) is 0 Å². The molecule has 102 valence electrons. The van der Waals surface area contributed by atoms with Gasteiger partial charge in [-0.15, -0.1) is 0 Å². The van der Waals surface area contributed by atoms with Crippen molar-refractivity contribution in [2.24, 2.45) is 5.92 Å². The van der Waals surface area contributed by atoms with Crippen molar-refractivity contribution >= 4 is 11.6 Å². The molecule has 5 heteroatoms. The van der Waals surface area contributed by atoms with E-state index in [0.717, 1.165) is 36.7 Å². The van der Waals surface area contributed by atoms with Gasteiger partial charge < -0.3 is 19.7 Å². The number of carbonyl (C=O) groups is 1. The summed E-state index contributed by atoms with van der Waals surface area (Å²) in [5.41, 5.74) is 0.848. The second kappa shape index (κ2) is 5.09. The Morgan fingerprint density at radius 3 is 2.68 bits per heavy atom.